The molecule has 0 spiro atoms. The fourth-order valence-corrected chi connectivity index (χ4v) is 1.97. The van der Waals surface area contributed by atoms with E-state index in [4.69, 9.17) is 9.47 Å². The molecule has 0 amide bonds. The minimum atomic E-state index is 0.123. The molecule has 2 atom stereocenters. The fourth-order valence-electron chi connectivity index (χ4n) is 1.97. The van der Waals surface area contributed by atoms with Crippen LogP contribution in [0, 0.1) is 0 Å². The summed E-state index contributed by atoms with van der Waals surface area (Å²) in [4.78, 5) is 0. The smallest absolute Gasteiger partial charge is 0.161 e. The molecular formula is C15H25NO2. The Morgan fingerprint density at radius 1 is 1.17 bits per heavy atom. The van der Waals surface area contributed by atoms with Crippen LogP contribution in [-0.4, -0.2) is 25.8 Å². The number of hydrogen-bond acceptors (Lipinski definition) is 3. The maximum absolute atomic E-state index is 6.00. The highest BCUT2D eigenvalue weighted by molar-refractivity contribution is 5.39. The zero-order valence-corrected chi connectivity index (χ0v) is 11.9. The van der Waals surface area contributed by atoms with Crippen LogP contribution in [0.15, 0.2) is 24.3 Å². The molecule has 3 nitrogen and oxygen atoms in total. The first-order chi connectivity index (χ1) is 8.72. The summed E-state index contributed by atoms with van der Waals surface area (Å²) < 4.78 is 11.3. The summed E-state index contributed by atoms with van der Waals surface area (Å²) in [5.74, 6) is 1.60. The number of rotatable bonds is 8. The van der Waals surface area contributed by atoms with Crippen LogP contribution in [0.3, 0.4) is 0 Å². The van der Waals surface area contributed by atoms with E-state index in [-0.39, 0.29) is 6.10 Å². The van der Waals surface area contributed by atoms with Gasteiger partial charge in [0.25, 0.3) is 0 Å². The van der Waals surface area contributed by atoms with Crippen molar-refractivity contribution >= 4 is 0 Å². The Morgan fingerprint density at radius 2 is 1.83 bits per heavy atom. The quantitative estimate of drug-likeness (QED) is 0.769. The molecule has 1 rings (SSSR count). The van der Waals surface area contributed by atoms with E-state index in [1.54, 1.807) is 7.11 Å². The molecule has 1 N–H and O–H groups in total. The summed E-state index contributed by atoms with van der Waals surface area (Å²) >= 11 is 0. The van der Waals surface area contributed by atoms with Gasteiger partial charge < -0.3 is 14.8 Å². The van der Waals surface area contributed by atoms with E-state index in [9.17, 15) is 0 Å². The van der Waals surface area contributed by atoms with Gasteiger partial charge in [-0.05, 0) is 38.4 Å². The average Bonchev–Trinajstić information content (AvgIpc) is 2.40. The van der Waals surface area contributed by atoms with E-state index in [0.29, 0.717) is 6.04 Å². The van der Waals surface area contributed by atoms with Crippen LogP contribution < -0.4 is 14.8 Å². The SMILES string of the molecule is CCCNC(CC)C(C)Oc1ccccc1OC. The van der Waals surface area contributed by atoms with Crippen molar-refractivity contribution in [1.82, 2.24) is 5.32 Å². The predicted molar refractivity (Wildman–Crippen MR) is 75.5 cm³/mol. The highest BCUT2D eigenvalue weighted by atomic mass is 16.5. The van der Waals surface area contributed by atoms with Gasteiger partial charge in [0.05, 0.1) is 7.11 Å². The van der Waals surface area contributed by atoms with Gasteiger partial charge >= 0.3 is 0 Å². The van der Waals surface area contributed by atoms with Crippen LogP contribution >= 0.6 is 0 Å². The van der Waals surface area contributed by atoms with E-state index in [1.807, 2.05) is 24.3 Å². The summed E-state index contributed by atoms with van der Waals surface area (Å²) in [6, 6.07) is 8.15. The van der Waals surface area contributed by atoms with Gasteiger partial charge in [-0.1, -0.05) is 26.0 Å². The lowest BCUT2D eigenvalue weighted by molar-refractivity contribution is 0.161. The summed E-state index contributed by atoms with van der Waals surface area (Å²) in [7, 11) is 1.67. The molecule has 3 heteroatoms. The number of para-hydroxylation sites is 2. The Kier molecular flexibility index (Phi) is 6.58. The second-order valence-electron chi connectivity index (χ2n) is 4.44. The van der Waals surface area contributed by atoms with Gasteiger partial charge in [0.15, 0.2) is 11.5 Å². The molecule has 18 heavy (non-hydrogen) atoms. The van der Waals surface area contributed by atoms with Gasteiger partial charge in [-0.25, -0.2) is 0 Å². The molecule has 0 heterocycles. The van der Waals surface area contributed by atoms with E-state index in [2.05, 4.69) is 26.1 Å². The minimum absolute atomic E-state index is 0.123. The molecule has 0 aromatic heterocycles. The average molecular weight is 251 g/mol. The van der Waals surface area contributed by atoms with Crippen molar-refractivity contribution < 1.29 is 9.47 Å². The first kappa shape index (κ1) is 14.8. The first-order valence-electron chi connectivity index (χ1n) is 6.75. The van der Waals surface area contributed by atoms with Crippen molar-refractivity contribution in [2.24, 2.45) is 0 Å². The Balaban J connectivity index is 2.63. The van der Waals surface area contributed by atoms with Crippen LogP contribution in [0.25, 0.3) is 0 Å². The molecule has 0 saturated carbocycles. The minimum Gasteiger partial charge on any atom is -0.493 e. The molecule has 0 radical (unpaired) electrons. The zero-order chi connectivity index (χ0) is 13.4. The third-order valence-electron chi connectivity index (χ3n) is 3.04. The third kappa shape index (κ3) is 4.22. The Hall–Kier alpha value is -1.22. The summed E-state index contributed by atoms with van der Waals surface area (Å²) in [6.07, 6.45) is 2.31. The topological polar surface area (TPSA) is 30.5 Å². The van der Waals surface area contributed by atoms with Gasteiger partial charge in [0, 0.05) is 6.04 Å². The Bertz CT molecular complexity index is 341. The number of ether oxygens (including phenoxy) is 2. The van der Waals surface area contributed by atoms with Crippen molar-refractivity contribution in [3.63, 3.8) is 0 Å². The van der Waals surface area contributed by atoms with E-state index in [1.165, 1.54) is 0 Å². The van der Waals surface area contributed by atoms with Crippen LogP contribution in [0.5, 0.6) is 11.5 Å². The number of benzene rings is 1. The molecule has 0 aliphatic heterocycles. The molecule has 102 valence electrons. The molecule has 1 aromatic carbocycles. The van der Waals surface area contributed by atoms with Gasteiger partial charge in [-0.3, -0.25) is 0 Å². The van der Waals surface area contributed by atoms with Crippen LogP contribution in [-0.2, 0) is 0 Å². The van der Waals surface area contributed by atoms with Crippen molar-refractivity contribution in [3.8, 4) is 11.5 Å². The highest BCUT2D eigenvalue weighted by Gasteiger charge is 2.17. The molecule has 0 aliphatic rings. The van der Waals surface area contributed by atoms with Gasteiger partial charge in [-0.15, -0.1) is 0 Å². The first-order valence-corrected chi connectivity index (χ1v) is 6.75. The maximum atomic E-state index is 6.00. The predicted octanol–water partition coefficient (Wildman–Crippen LogP) is 3.24. The van der Waals surface area contributed by atoms with Crippen molar-refractivity contribution in [1.29, 1.82) is 0 Å². The lowest BCUT2D eigenvalue weighted by Crippen LogP contribution is -2.41. The fraction of sp³-hybridized carbons (Fsp3) is 0.600. The molecule has 2 unspecified atom stereocenters. The maximum Gasteiger partial charge on any atom is 0.161 e. The van der Waals surface area contributed by atoms with Crippen LogP contribution in [0.2, 0.25) is 0 Å². The molecule has 0 aliphatic carbocycles. The molecule has 0 saturated heterocycles. The van der Waals surface area contributed by atoms with Gasteiger partial charge in [0.2, 0.25) is 0 Å². The lowest BCUT2D eigenvalue weighted by atomic mass is 10.1. The monoisotopic (exact) mass is 251 g/mol. The second kappa shape index (κ2) is 7.98. The van der Waals surface area contributed by atoms with E-state index < -0.39 is 0 Å². The van der Waals surface area contributed by atoms with Crippen LogP contribution in [0.4, 0.5) is 0 Å². The molecule has 1 aromatic rings. The van der Waals surface area contributed by atoms with Gasteiger partial charge in [0.1, 0.15) is 6.10 Å². The van der Waals surface area contributed by atoms with Crippen molar-refractivity contribution in [2.45, 2.75) is 45.8 Å². The van der Waals surface area contributed by atoms with E-state index in [0.717, 1.165) is 30.9 Å². The number of hydrogen-bond donors (Lipinski definition) is 1. The Morgan fingerprint density at radius 3 is 2.39 bits per heavy atom. The Labute approximate surface area is 110 Å². The van der Waals surface area contributed by atoms with Crippen LogP contribution in [0.1, 0.15) is 33.6 Å². The zero-order valence-electron chi connectivity index (χ0n) is 11.9. The highest BCUT2D eigenvalue weighted by Crippen LogP contribution is 2.27. The largest absolute Gasteiger partial charge is 0.493 e. The normalized spacial score (nSPS) is 14.0. The summed E-state index contributed by atoms with van der Waals surface area (Å²) in [5.41, 5.74) is 0. The standard InChI is InChI=1S/C15H25NO2/c1-5-11-16-13(6-2)12(3)18-15-10-8-7-9-14(15)17-4/h7-10,12-13,16H,5-6,11H2,1-4H3. The molecular weight excluding hydrogens is 226 g/mol. The second-order valence-corrected chi connectivity index (χ2v) is 4.44. The summed E-state index contributed by atoms with van der Waals surface area (Å²) in [5, 5.41) is 3.51. The lowest BCUT2D eigenvalue weighted by Gasteiger charge is -2.25. The van der Waals surface area contributed by atoms with Crippen molar-refractivity contribution in [3.05, 3.63) is 24.3 Å². The summed E-state index contributed by atoms with van der Waals surface area (Å²) in [6.45, 7) is 7.47. The molecule has 0 bridgehead atoms. The van der Waals surface area contributed by atoms with Gasteiger partial charge in [-0.2, -0.15) is 0 Å². The van der Waals surface area contributed by atoms with Crippen molar-refractivity contribution in [2.75, 3.05) is 13.7 Å². The molecule has 0 fully saturated rings. The number of methoxy groups -OCH3 is 1. The number of nitrogens with one attached hydrogen (secondary N) is 1. The third-order valence-corrected chi connectivity index (χ3v) is 3.04. The van der Waals surface area contributed by atoms with E-state index >= 15 is 0 Å².